The van der Waals surface area contributed by atoms with Gasteiger partial charge in [-0.25, -0.2) is 4.79 Å². The van der Waals surface area contributed by atoms with Gasteiger partial charge in [-0.1, -0.05) is 11.6 Å². The molecule has 0 saturated carbocycles. The largest absolute Gasteiger partial charge is 0.478 e. The number of aliphatic hydroxyl groups excluding tert-OH is 1. The Morgan fingerprint density at radius 3 is 2.78 bits per heavy atom. The molecule has 1 saturated heterocycles. The molecule has 0 spiro atoms. The molecule has 96 valence electrons. The molecule has 5 heteroatoms. The second kappa shape index (κ2) is 4.78. The third-order valence-corrected chi connectivity index (χ3v) is 3.14. The molecular formula is C13H15NO4. The average Bonchev–Trinajstić information content (AvgIpc) is 2.70. The number of nitrogens with zero attached hydrogens (tertiary/aromatic N) is 1. The van der Waals surface area contributed by atoms with Crippen LogP contribution < -0.4 is 4.90 Å². The first-order chi connectivity index (χ1) is 8.52. The predicted molar refractivity (Wildman–Crippen MR) is 65.7 cm³/mol. The van der Waals surface area contributed by atoms with Crippen molar-refractivity contribution in [3.05, 3.63) is 29.3 Å². The van der Waals surface area contributed by atoms with Crippen molar-refractivity contribution in [2.24, 2.45) is 5.92 Å². The van der Waals surface area contributed by atoms with E-state index in [0.29, 0.717) is 12.2 Å². The molecule has 1 unspecified atom stereocenters. The van der Waals surface area contributed by atoms with Crippen molar-refractivity contribution in [3.8, 4) is 0 Å². The average molecular weight is 249 g/mol. The minimum Gasteiger partial charge on any atom is -0.478 e. The molecule has 0 aliphatic carbocycles. The Bertz CT molecular complexity index is 498. The zero-order valence-corrected chi connectivity index (χ0v) is 10.1. The Morgan fingerprint density at radius 1 is 1.50 bits per heavy atom. The van der Waals surface area contributed by atoms with Gasteiger partial charge in [0.05, 0.1) is 11.3 Å². The van der Waals surface area contributed by atoms with Gasteiger partial charge in [0.15, 0.2) is 0 Å². The van der Waals surface area contributed by atoms with Crippen LogP contribution in [0.2, 0.25) is 0 Å². The lowest BCUT2D eigenvalue weighted by Crippen LogP contribution is -2.26. The summed E-state index contributed by atoms with van der Waals surface area (Å²) in [7, 11) is 0. The lowest BCUT2D eigenvalue weighted by molar-refractivity contribution is -0.117. The molecule has 1 heterocycles. The first-order valence-electron chi connectivity index (χ1n) is 5.78. The molecule has 1 aromatic carbocycles. The van der Waals surface area contributed by atoms with Gasteiger partial charge in [-0.05, 0) is 19.1 Å². The Kier molecular flexibility index (Phi) is 3.34. The van der Waals surface area contributed by atoms with Crippen molar-refractivity contribution in [2.75, 3.05) is 18.1 Å². The number of amides is 1. The van der Waals surface area contributed by atoms with E-state index in [4.69, 9.17) is 5.11 Å². The van der Waals surface area contributed by atoms with Crippen LogP contribution in [0.1, 0.15) is 22.3 Å². The minimum atomic E-state index is -1.05. The number of aromatic carboxylic acids is 1. The lowest BCUT2D eigenvalue weighted by Gasteiger charge is -2.19. The summed E-state index contributed by atoms with van der Waals surface area (Å²) in [5.74, 6) is -1.30. The number of hydrogen-bond acceptors (Lipinski definition) is 3. The highest BCUT2D eigenvalue weighted by Gasteiger charge is 2.32. The van der Waals surface area contributed by atoms with E-state index in [1.165, 1.54) is 4.90 Å². The van der Waals surface area contributed by atoms with E-state index in [1.807, 2.05) is 0 Å². The fourth-order valence-electron chi connectivity index (χ4n) is 2.19. The maximum absolute atomic E-state index is 11.8. The summed E-state index contributed by atoms with van der Waals surface area (Å²) >= 11 is 0. The Morgan fingerprint density at radius 2 is 2.22 bits per heavy atom. The van der Waals surface area contributed by atoms with Crippen LogP contribution in [0, 0.1) is 12.8 Å². The topological polar surface area (TPSA) is 77.8 Å². The number of carbonyl (C=O) groups excluding carboxylic acids is 1. The molecule has 0 radical (unpaired) electrons. The third kappa shape index (κ3) is 2.22. The number of hydrogen-bond donors (Lipinski definition) is 2. The smallest absolute Gasteiger partial charge is 0.337 e. The standard InChI is InChI=1S/C13H15NO4/c1-8-2-3-11(10(4-8)13(17)18)14-6-9(7-15)5-12(14)16/h2-4,9,15H,5-7H2,1H3,(H,17,18). The van der Waals surface area contributed by atoms with Crippen LogP contribution in [-0.2, 0) is 4.79 Å². The number of carboxylic acids is 1. The van der Waals surface area contributed by atoms with Gasteiger partial charge in [-0.2, -0.15) is 0 Å². The number of carboxylic acid groups (broad SMARTS) is 1. The maximum Gasteiger partial charge on any atom is 0.337 e. The van der Waals surface area contributed by atoms with Crippen molar-refractivity contribution in [3.63, 3.8) is 0 Å². The Balaban J connectivity index is 2.39. The summed E-state index contributed by atoms with van der Waals surface area (Å²) in [6.07, 6.45) is 0.267. The quantitative estimate of drug-likeness (QED) is 0.839. The summed E-state index contributed by atoms with van der Waals surface area (Å²) in [4.78, 5) is 24.5. The monoisotopic (exact) mass is 249 g/mol. The molecule has 1 fully saturated rings. The van der Waals surface area contributed by atoms with Crippen LogP contribution in [-0.4, -0.2) is 35.2 Å². The number of anilines is 1. The summed E-state index contributed by atoms with van der Waals surface area (Å²) < 4.78 is 0. The summed E-state index contributed by atoms with van der Waals surface area (Å²) in [6.45, 7) is 2.12. The summed E-state index contributed by atoms with van der Waals surface area (Å²) in [5.41, 5.74) is 1.37. The van der Waals surface area contributed by atoms with E-state index in [1.54, 1.807) is 25.1 Å². The third-order valence-electron chi connectivity index (χ3n) is 3.14. The van der Waals surface area contributed by atoms with Crippen LogP contribution in [0.25, 0.3) is 0 Å². The number of aryl methyl sites for hydroxylation is 1. The summed E-state index contributed by atoms with van der Waals surface area (Å²) in [6, 6.07) is 4.98. The van der Waals surface area contributed by atoms with Gasteiger partial charge in [-0.15, -0.1) is 0 Å². The number of benzene rings is 1. The zero-order valence-electron chi connectivity index (χ0n) is 10.1. The number of aliphatic hydroxyl groups is 1. The SMILES string of the molecule is Cc1ccc(N2CC(CO)CC2=O)c(C(=O)O)c1. The molecule has 18 heavy (non-hydrogen) atoms. The van der Waals surface area contributed by atoms with Crippen LogP contribution in [0.3, 0.4) is 0 Å². The van der Waals surface area contributed by atoms with Gasteiger partial charge in [0.25, 0.3) is 0 Å². The van der Waals surface area contributed by atoms with Crippen LogP contribution >= 0.6 is 0 Å². The van der Waals surface area contributed by atoms with E-state index in [0.717, 1.165) is 5.56 Å². The zero-order chi connectivity index (χ0) is 13.3. The molecule has 5 nitrogen and oxygen atoms in total. The number of carbonyl (C=O) groups is 2. The van der Waals surface area contributed by atoms with Crippen molar-refractivity contribution in [1.29, 1.82) is 0 Å². The molecule has 1 aliphatic rings. The predicted octanol–water partition coefficient (Wildman–Crippen LogP) is 1.04. The van der Waals surface area contributed by atoms with Gasteiger partial charge >= 0.3 is 5.97 Å². The molecule has 0 bridgehead atoms. The van der Waals surface area contributed by atoms with Gasteiger partial charge in [0, 0.05) is 25.5 Å². The molecule has 2 N–H and O–H groups in total. The molecule has 1 aliphatic heterocycles. The first kappa shape index (κ1) is 12.6. The van der Waals surface area contributed by atoms with Crippen LogP contribution in [0.4, 0.5) is 5.69 Å². The normalized spacial score (nSPS) is 19.3. The molecule has 0 aromatic heterocycles. The van der Waals surface area contributed by atoms with E-state index in [-0.39, 0.29) is 30.4 Å². The van der Waals surface area contributed by atoms with Crippen molar-refractivity contribution < 1.29 is 19.8 Å². The highest BCUT2D eigenvalue weighted by Crippen LogP contribution is 2.28. The number of rotatable bonds is 3. The van der Waals surface area contributed by atoms with Crippen LogP contribution in [0.15, 0.2) is 18.2 Å². The van der Waals surface area contributed by atoms with Crippen molar-refractivity contribution >= 4 is 17.6 Å². The molecule has 1 amide bonds. The van der Waals surface area contributed by atoms with Gasteiger partial charge in [-0.3, -0.25) is 4.79 Å². The second-order valence-electron chi connectivity index (χ2n) is 4.58. The van der Waals surface area contributed by atoms with E-state index in [9.17, 15) is 14.7 Å². The Labute approximate surface area is 105 Å². The van der Waals surface area contributed by atoms with Gasteiger partial charge in [0.2, 0.25) is 5.91 Å². The van der Waals surface area contributed by atoms with Gasteiger partial charge in [0.1, 0.15) is 0 Å². The minimum absolute atomic E-state index is 0.0590. The summed E-state index contributed by atoms with van der Waals surface area (Å²) in [5, 5.41) is 18.2. The molecule has 2 rings (SSSR count). The lowest BCUT2D eigenvalue weighted by atomic mass is 10.1. The maximum atomic E-state index is 11.8. The van der Waals surface area contributed by atoms with E-state index >= 15 is 0 Å². The fourth-order valence-corrected chi connectivity index (χ4v) is 2.19. The fraction of sp³-hybridized carbons (Fsp3) is 0.385. The highest BCUT2D eigenvalue weighted by atomic mass is 16.4. The molecule has 1 atom stereocenters. The first-order valence-corrected chi connectivity index (χ1v) is 5.78. The molecular weight excluding hydrogens is 234 g/mol. The van der Waals surface area contributed by atoms with Crippen molar-refractivity contribution in [1.82, 2.24) is 0 Å². The Hall–Kier alpha value is -1.88. The van der Waals surface area contributed by atoms with E-state index < -0.39 is 5.97 Å². The second-order valence-corrected chi connectivity index (χ2v) is 4.58. The van der Waals surface area contributed by atoms with Crippen molar-refractivity contribution in [2.45, 2.75) is 13.3 Å². The van der Waals surface area contributed by atoms with Gasteiger partial charge < -0.3 is 15.1 Å². The molecule has 1 aromatic rings. The van der Waals surface area contributed by atoms with E-state index in [2.05, 4.69) is 0 Å². The highest BCUT2D eigenvalue weighted by molar-refractivity contribution is 6.03. The van der Waals surface area contributed by atoms with Crippen LogP contribution in [0.5, 0.6) is 0 Å².